The Morgan fingerprint density at radius 1 is 1.29 bits per heavy atom. The first-order valence-corrected chi connectivity index (χ1v) is 9.68. The van der Waals surface area contributed by atoms with Gasteiger partial charge in [-0.25, -0.2) is 4.98 Å². The Bertz CT molecular complexity index is 529. The molecule has 1 aromatic rings. The number of aliphatic imine (C=N–C) groups is 1. The van der Waals surface area contributed by atoms with Crippen LogP contribution >= 0.6 is 0 Å². The van der Waals surface area contributed by atoms with E-state index in [1.54, 1.807) is 0 Å². The number of hydrogen-bond acceptors (Lipinski definition) is 2. The second-order valence-corrected chi connectivity index (χ2v) is 7.72. The summed E-state index contributed by atoms with van der Waals surface area (Å²) < 4.78 is 2.31. The molecule has 3 rings (SSSR count). The zero-order chi connectivity index (χ0) is 16.9. The van der Waals surface area contributed by atoms with E-state index >= 15 is 0 Å². The lowest BCUT2D eigenvalue weighted by atomic mass is 9.80. The van der Waals surface area contributed by atoms with Crippen molar-refractivity contribution in [1.82, 2.24) is 20.2 Å². The minimum Gasteiger partial charge on any atom is -0.354 e. The van der Waals surface area contributed by atoms with E-state index in [4.69, 9.17) is 4.98 Å². The minimum atomic E-state index is 0.557. The number of aromatic nitrogens is 2. The first kappa shape index (κ1) is 17.3. The summed E-state index contributed by atoms with van der Waals surface area (Å²) in [5.74, 6) is 3.87. The van der Waals surface area contributed by atoms with Crippen LogP contribution in [-0.4, -0.2) is 28.6 Å². The highest BCUT2D eigenvalue weighted by Crippen LogP contribution is 2.29. The van der Waals surface area contributed by atoms with Gasteiger partial charge >= 0.3 is 0 Å². The molecular formula is C19H33N5. The highest BCUT2D eigenvalue weighted by atomic mass is 15.2. The molecule has 5 heteroatoms. The molecule has 0 atom stereocenters. The van der Waals surface area contributed by atoms with Crippen LogP contribution in [0.4, 0.5) is 0 Å². The van der Waals surface area contributed by atoms with Gasteiger partial charge in [-0.3, -0.25) is 4.99 Å². The van der Waals surface area contributed by atoms with Gasteiger partial charge in [0.2, 0.25) is 0 Å². The maximum atomic E-state index is 4.75. The molecule has 2 heterocycles. The van der Waals surface area contributed by atoms with Gasteiger partial charge in [-0.15, -0.1) is 0 Å². The molecule has 5 nitrogen and oxygen atoms in total. The summed E-state index contributed by atoms with van der Waals surface area (Å²) in [4.78, 5) is 9.14. The van der Waals surface area contributed by atoms with Crippen LogP contribution in [0.2, 0.25) is 0 Å². The topological polar surface area (TPSA) is 54.2 Å². The first-order valence-electron chi connectivity index (χ1n) is 9.68. The van der Waals surface area contributed by atoms with E-state index in [-0.39, 0.29) is 0 Å². The van der Waals surface area contributed by atoms with Crippen LogP contribution in [0.15, 0.2) is 11.2 Å². The Kier molecular flexibility index (Phi) is 5.80. The summed E-state index contributed by atoms with van der Waals surface area (Å²) in [7, 11) is 1.85. The number of hydrogen-bond donors (Lipinski definition) is 2. The number of aryl methyl sites for hydroxylation is 2. The molecular weight excluding hydrogens is 298 g/mol. The molecule has 2 N–H and O–H groups in total. The number of nitrogens with one attached hydrogen (secondary N) is 2. The molecule has 1 aliphatic carbocycles. The van der Waals surface area contributed by atoms with Crippen molar-refractivity contribution in [3.8, 4) is 0 Å². The third kappa shape index (κ3) is 4.31. The summed E-state index contributed by atoms with van der Waals surface area (Å²) in [5, 5.41) is 7.04. The monoisotopic (exact) mass is 331 g/mol. The summed E-state index contributed by atoms with van der Waals surface area (Å²) in [6, 6.07) is 0.557. The van der Waals surface area contributed by atoms with Crippen molar-refractivity contribution in [1.29, 1.82) is 0 Å². The molecule has 0 radical (unpaired) electrons. The van der Waals surface area contributed by atoms with Gasteiger partial charge in [0.1, 0.15) is 5.82 Å². The normalized spacial score (nSPS) is 24.8. The maximum absolute atomic E-state index is 4.75. The molecule has 2 aliphatic rings. The van der Waals surface area contributed by atoms with E-state index in [1.165, 1.54) is 44.3 Å². The Morgan fingerprint density at radius 2 is 2.08 bits per heavy atom. The average molecular weight is 332 g/mol. The van der Waals surface area contributed by atoms with Crippen LogP contribution in [0.25, 0.3) is 0 Å². The average Bonchev–Trinajstić information content (AvgIpc) is 3.02. The predicted molar refractivity (Wildman–Crippen MR) is 99.1 cm³/mol. The van der Waals surface area contributed by atoms with Gasteiger partial charge < -0.3 is 15.2 Å². The molecule has 24 heavy (non-hydrogen) atoms. The van der Waals surface area contributed by atoms with Gasteiger partial charge in [0, 0.05) is 32.3 Å². The number of rotatable bonds is 4. The van der Waals surface area contributed by atoms with Gasteiger partial charge in [-0.05, 0) is 50.4 Å². The lowest BCUT2D eigenvalue weighted by Gasteiger charge is -2.32. The Labute approximate surface area is 146 Å². The van der Waals surface area contributed by atoms with E-state index in [0.717, 1.165) is 43.0 Å². The Hall–Kier alpha value is -1.52. The van der Waals surface area contributed by atoms with Crippen LogP contribution < -0.4 is 10.6 Å². The molecule has 0 aromatic carbocycles. The second-order valence-electron chi connectivity index (χ2n) is 7.72. The third-order valence-corrected chi connectivity index (χ3v) is 5.67. The van der Waals surface area contributed by atoms with Crippen molar-refractivity contribution in [3.05, 3.63) is 17.7 Å². The van der Waals surface area contributed by atoms with E-state index in [1.807, 2.05) is 7.05 Å². The zero-order valence-corrected chi connectivity index (χ0v) is 15.5. The van der Waals surface area contributed by atoms with Crippen LogP contribution in [0.3, 0.4) is 0 Å². The summed E-state index contributed by atoms with van der Waals surface area (Å²) in [5.41, 5.74) is 1.12. The fourth-order valence-corrected chi connectivity index (χ4v) is 4.05. The standard InChI is InChI=1S/C19H33N5/c1-14(2)15-7-9-16(10-8-15)23-19(20-3)21-12-17-13-24-11-5-4-6-18(24)22-17/h13-16H,4-12H2,1-3H3,(H2,20,21,23). The van der Waals surface area contributed by atoms with Crippen LogP contribution in [0.1, 0.15) is 63.9 Å². The smallest absolute Gasteiger partial charge is 0.191 e. The molecule has 0 unspecified atom stereocenters. The summed E-state index contributed by atoms with van der Waals surface area (Å²) >= 11 is 0. The van der Waals surface area contributed by atoms with Crippen molar-refractivity contribution in [3.63, 3.8) is 0 Å². The van der Waals surface area contributed by atoms with Crippen molar-refractivity contribution < 1.29 is 0 Å². The van der Waals surface area contributed by atoms with Crippen molar-refractivity contribution in [2.75, 3.05) is 7.05 Å². The molecule has 0 saturated heterocycles. The lowest BCUT2D eigenvalue weighted by Crippen LogP contribution is -2.44. The first-order chi connectivity index (χ1) is 11.7. The second kappa shape index (κ2) is 8.04. The maximum Gasteiger partial charge on any atom is 0.191 e. The molecule has 1 aromatic heterocycles. The van der Waals surface area contributed by atoms with E-state index < -0.39 is 0 Å². The highest BCUT2D eigenvalue weighted by Gasteiger charge is 2.23. The van der Waals surface area contributed by atoms with Gasteiger partial charge in [0.25, 0.3) is 0 Å². The summed E-state index contributed by atoms with van der Waals surface area (Å²) in [6.45, 7) is 6.57. The van der Waals surface area contributed by atoms with Crippen LogP contribution in [0, 0.1) is 11.8 Å². The molecule has 134 valence electrons. The molecule has 0 spiro atoms. The minimum absolute atomic E-state index is 0.557. The largest absolute Gasteiger partial charge is 0.354 e. The molecule has 0 amide bonds. The van der Waals surface area contributed by atoms with Gasteiger partial charge in [0.15, 0.2) is 5.96 Å². The van der Waals surface area contributed by atoms with E-state index in [2.05, 4.69) is 40.2 Å². The third-order valence-electron chi connectivity index (χ3n) is 5.67. The molecule has 1 saturated carbocycles. The van der Waals surface area contributed by atoms with E-state index in [0.29, 0.717) is 6.04 Å². The SMILES string of the molecule is CN=C(NCc1cn2c(n1)CCCC2)NC1CCC(C(C)C)CC1. The van der Waals surface area contributed by atoms with Crippen molar-refractivity contribution in [2.45, 2.75) is 77.9 Å². The highest BCUT2D eigenvalue weighted by molar-refractivity contribution is 5.79. The molecule has 1 fully saturated rings. The van der Waals surface area contributed by atoms with Gasteiger partial charge in [-0.2, -0.15) is 0 Å². The van der Waals surface area contributed by atoms with Crippen LogP contribution in [-0.2, 0) is 19.5 Å². The Balaban J connectivity index is 1.46. The van der Waals surface area contributed by atoms with Crippen LogP contribution in [0.5, 0.6) is 0 Å². The number of fused-ring (bicyclic) bond motifs is 1. The Morgan fingerprint density at radius 3 is 2.75 bits per heavy atom. The van der Waals surface area contributed by atoms with E-state index in [9.17, 15) is 0 Å². The number of imidazole rings is 1. The fourth-order valence-electron chi connectivity index (χ4n) is 4.05. The quantitative estimate of drug-likeness (QED) is 0.658. The zero-order valence-electron chi connectivity index (χ0n) is 15.5. The predicted octanol–water partition coefficient (Wildman–Crippen LogP) is 3.10. The number of guanidine groups is 1. The molecule has 1 aliphatic heterocycles. The van der Waals surface area contributed by atoms with Gasteiger partial charge in [0.05, 0.1) is 12.2 Å². The fraction of sp³-hybridized carbons (Fsp3) is 0.789. The van der Waals surface area contributed by atoms with Crippen molar-refractivity contribution >= 4 is 5.96 Å². The number of nitrogens with zero attached hydrogens (tertiary/aromatic N) is 3. The van der Waals surface area contributed by atoms with Gasteiger partial charge in [-0.1, -0.05) is 13.8 Å². The lowest BCUT2D eigenvalue weighted by molar-refractivity contribution is 0.250. The summed E-state index contributed by atoms with van der Waals surface area (Å²) in [6.07, 6.45) is 11.0. The van der Waals surface area contributed by atoms with Crippen molar-refractivity contribution in [2.24, 2.45) is 16.8 Å². The molecule has 0 bridgehead atoms.